The third kappa shape index (κ3) is 2.96. The molecule has 0 amide bonds. The first-order valence-electron chi connectivity index (χ1n) is 5.65. The van der Waals surface area contributed by atoms with Gasteiger partial charge >= 0.3 is 0 Å². The lowest BCUT2D eigenvalue weighted by Gasteiger charge is -2.12. The number of nitrogens with one attached hydrogen (secondary N) is 2. The van der Waals surface area contributed by atoms with Crippen LogP contribution in [-0.2, 0) is 0 Å². The maximum Gasteiger partial charge on any atom is 0.132 e. The average molecular weight is 232 g/mol. The Kier molecular flexibility index (Phi) is 3.59. The second kappa shape index (κ2) is 5.34. The fraction of sp³-hybridized carbons (Fsp3) is 0.333. The SMILES string of the molecule is CCNc1cc(NC(C)c2ccco2)ncn1. The predicted octanol–water partition coefficient (Wildman–Crippen LogP) is 2.67. The molecule has 0 bridgehead atoms. The predicted molar refractivity (Wildman–Crippen MR) is 66.9 cm³/mol. The van der Waals surface area contributed by atoms with E-state index in [9.17, 15) is 0 Å². The van der Waals surface area contributed by atoms with E-state index in [2.05, 4.69) is 20.6 Å². The van der Waals surface area contributed by atoms with Gasteiger partial charge in [0.05, 0.1) is 12.3 Å². The molecule has 2 aromatic rings. The zero-order valence-corrected chi connectivity index (χ0v) is 9.97. The molecule has 0 spiro atoms. The lowest BCUT2D eigenvalue weighted by Crippen LogP contribution is -2.08. The average Bonchev–Trinajstić information content (AvgIpc) is 2.83. The molecule has 0 radical (unpaired) electrons. The first kappa shape index (κ1) is 11.4. The topological polar surface area (TPSA) is 63.0 Å². The summed E-state index contributed by atoms with van der Waals surface area (Å²) in [6.45, 7) is 4.89. The van der Waals surface area contributed by atoms with Crippen LogP contribution in [-0.4, -0.2) is 16.5 Å². The first-order valence-corrected chi connectivity index (χ1v) is 5.65. The number of aromatic nitrogens is 2. The Labute approximate surface area is 100 Å². The van der Waals surface area contributed by atoms with Gasteiger partial charge in [0.25, 0.3) is 0 Å². The van der Waals surface area contributed by atoms with Gasteiger partial charge in [-0.25, -0.2) is 9.97 Å². The molecule has 2 aromatic heterocycles. The number of furan rings is 1. The zero-order chi connectivity index (χ0) is 12.1. The molecule has 17 heavy (non-hydrogen) atoms. The van der Waals surface area contributed by atoms with Gasteiger partial charge in [0.1, 0.15) is 23.7 Å². The Balaban J connectivity index is 2.05. The highest BCUT2D eigenvalue weighted by Crippen LogP contribution is 2.18. The van der Waals surface area contributed by atoms with Gasteiger partial charge in [-0.15, -0.1) is 0 Å². The minimum absolute atomic E-state index is 0.0781. The minimum atomic E-state index is 0.0781. The number of anilines is 2. The summed E-state index contributed by atoms with van der Waals surface area (Å²) in [7, 11) is 0. The molecule has 5 heteroatoms. The molecule has 0 aromatic carbocycles. The molecule has 1 atom stereocenters. The molecular weight excluding hydrogens is 216 g/mol. The lowest BCUT2D eigenvalue weighted by molar-refractivity contribution is 0.490. The number of hydrogen-bond acceptors (Lipinski definition) is 5. The standard InChI is InChI=1S/C12H16N4O/c1-3-13-11-7-12(15-8-14-11)16-9(2)10-5-4-6-17-10/h4-9H,3H2,1-2H3,(H2,13,14,15,16). The molecule has 2 rings (SSSR count). The highest BCUT2D eigenvalue weighted by Gasteiger charge is 2.08. The van der Waals surface area contributed by atoms with Crippen LogP contribution in [0.1, 0.15) is 25.6 Å². The van der Waals surface area contributed by atoms with Crippen LogP contribution in [0, 0.1) is 0 Å². The molecule has 1 unspecified atom stereocenters. The number of nitrogens with zero attached hydrogens (tertiary/aromatic N) is 2. The van der Waals surface area contributed by atoms with Crippen LogP contribution in [0.4, 0.5) is 11.6 Å². The van der Waals surface area contributed by atoms with E-state index in [1.807, 2.05) is 32.0 Å². The molecule has 5 nitrogen and oxygen atoms in total. The van der Waals surface area contributed by atoms with Crippen LogP contribution >= 0.6 is 0 Å². The van der Waals surface area contributed by atoms with Crippen molar-refractivity contribution in [3.63, 3.8) is 0 Å². The lowest BCUT2D eigenvalue weighted by atomic mass is 10.2. The summed E-state index contributed by atoms with van der Waals surface area (Å²) < 4.78 is 5.32. The molecule has 90 valence electrons. The van der Waals surface area contributed by atoms with Crippen LogP contribution in [0.2, 0.25) is 0 Å². The summed E-state index contributed by atoms with van der Waals surface area (Å²) in [5, 5.41) is 6.40. The largest absolute Gasteiger partial charge is 0.467 e. The number of hydrogen-bond donors (Lipinski definition) is 2. The van der Waals surface area contributed by atoms with Gasteiger partial charge in [0.2, 0.25) is 0 Å². The molecule has 0 saturated heterocycles. The van der Waals surface area contributed by atoms with E-state index < -0.39 is 0 Å². The normalized spacial score (nSPS) is 12.1. The molecule has 0 aliphatic heterocycles. The van der Waals surface area contributed by atoms with Gasteiger partial charge in [0.15, 0.2) is 0 Å². The first-order chi connectivity index (χ1) is 8.29. The van der Waals surface area contributed by atoms with Crippen molar-refractivity contribution in [2.24, 2.45) is 0 Å². The molecule has 2 N–H and O–H groups in total. The molecule has 0 aliphatic rings. The third-order valence-corrected chi connectivity index (χ3v) is 2.36. The second-order valence-corrected chi connectivity index (χ2v) is 3.70. The van der Waals surface area contributed by atoms with Crippen LogP contribution in [0.15, 0.2) is 35.2 Å². The minimum Gasteiger partial charge on any atom is -0.467 e. The van der Waals surface area contributed by atoms with Gasteiger partial charge in [-0.3, -0.25) is 0 Å². The van der Waals surface area contributed by atoms with E-state index in [-0.39, 0.29) is 6.04 Å². The van der Waals surface area contributed by atoms with Crippen molar-refractivity contribution < 1.29 is 4.42 Å². The fourth-order valence-electron chi connectivity index (χ4n) is 1.54. The Morgan fingerprint density at radius 2 is 2.18 bits per heavy atom. The summed E-state index contributed by atoms with van der Waals surface area (Å²) in [5.74, 6) is 2.48. The summed E-state index contributed by atoms with van der Waals surface area (Å²) in [4.78, 5) is 8.28. The monoisotopic (exact) mass is 232 g/mol. The van der Waals surface area contributed by atoms with Crippen molar-refractivity contribution in [1.29, 1.82) is 0 Å². The maximum absolute atomic E-state index is 5.32. The van der Waals surface area contributed by atoms with E-state index in [4.69, 9.17) is 4.42 Å². The van der Waals surface area contributed by atoms with Gasteiger partial charge in [0, 0.05) is 12.6 Å². The van der Waals surface area contributed by atoms with E-state index in [1.165, 1.54) is 6.33 Å². The van der Waals surface area contributed by atoms with Gasteiger partial charge < -0.3 is 15.1 Å². The summed E-state index contributed by atoms with van der Waals surface area (Å²) in [6.07, 6.45) is 3.20. The van der Waals surface area contributed by atoms with E-state index in [1.54, 1.807) is 6.26 Å². The smallest absolute Gasteiger partial charge is 0.132 e. The van der Waals surface area contributed by atoms with Crippen molar-refractivity contribution in [3.8, 4) is 0 Å². The van der Waals surface area contributed by atoms with E-state index in [0.717, 1.165) is 23.9 Å². The third-order valence-electron chi connectivity index (χ3n) is 2.36. The van der Waals surface area contributed by atoms with E-state index in [0.29, 0.717) is 0 Å². The Bertz CT molecular complexity index is 455. The highest BCUT2D eigenvalue weighted by molar-refractivity contribution is 5.47. The van der Waals surface area contributed by atoms with E-state index >= 15 is 0 Å². The van der Waals surface area contributed by atoms with Crippen molar-refractivity contribution in [2.45, 2.75) is 19.9 Å². The van der Waals surface area contributed by atoms with Crippen LogP contribution in [0.3, 0.4) is 0 Å². The molecule has 0 aliphatic carbocycles. The molecule has 0 fully saturated rings. The highest BCUT2D eigenvalue weighted by atomic mass is 16.3. The molecular formula is C12H16N4O. The quantitative estimate of drug-likeness (QED) is 0.829. The van der Waals surface area contributed by atoms with Crippen LogP contribution in [0.25, 0.3) is 0 Å². The Morgan fingerprint density at radius 3 is 2.88 bits per heavy atom. The second-order valence-electron chi connectivity index (χ2n) is 3.70. The summed E-state index contributed by atoms with van der Waals surface area (Å²) in [6, 6.07) is 5.76. The Morgan fingerprint density at radius 1 is 1.35 bits per heavy atom. The molecule has 0 saturated carbocycles. The maximum atomic E-state index is 5.32. The van der Waals surface area contributed by atoms with Crippen molar-refractivity contribution in [2.75, 3.05) is 17.2 Å². The van der Waals surface area contributed by atoms with Crippen molar-refractivity contribution >= 4 is 11.6 Å². The number of rotatable bonds is 5. The summed E-state index contributed by atoms with van der Waals surface area (Å²) in [5.41, 5.74) is 0. The van der Waals surface area contributed by atoms with Gasteiger partial charge in [-0.2, -0.15) is 0 Å². The van der Waals surface area contributed by atoms with Crippen LogP contribution in [0.5, 0.6) is 0 Å². The van der Waals surface area contributed by atoms with Crippen LogP contribution < -0.4 is 10.6 Å². The molecule has 2 heterocycles. The van der Waals surface area contributed by atoms with Crippen molar-refractivity contribution in [3.05, 3.63) is 36.5 Å². The van der Waals surface area contributed by atoms with Crippen molar-refractivity contribution in [1.82, 2.24) is 9.97 Å². The van der Waals surface area contributed by atoms with Gasteiger partial charge in [-0.05, 0) is 26.0 Å². The fourth-order valence-corrected chi connectivity index (χ4v) is 1.54. The zero-order valence-electron chi connectivity index (χ0n) is 9.97. The Hall–Kier alpha value is -2.04. The van der Waals surface area contributed by atoms with Gasteiger partial charge in [-0.1, -0.05) is 0 Å². The summed E-state index contributed by atoms with van der Waals surface area (Å²) >= 11 is 0.